The van der Waals surface area contributed by atoms with Crippen LogP contribution < -0.4 is 0 Å². The molecule has 0 radical (unpaired) electrons. The maximum absolute atomic E-state index is 6.33. The van der Waals surface area contributed by atoms with Crippen LogP contribution in [0, 0.1) is 6.92 Å². The number of hydrogen-bond donors (Lipinski definition) is 0. The highest BCUT2D eigenvalue weighted by Gasteiger charge is 2.47. The number of halogens is 2. The van der Waals surface area contributed by atoms with Crippen LogP contribution in [0.4, 0.5) is 0 Å². The minimum absolute atomic E-state index is 0.460. The van der Waals surface area contributed by atoms with E-state index in [1.807, 2.05) is 6.07 Å². The Morgan fingerprint density at radius 3 is 2.03 bits per heavy atom. The van der Waals surface area contributed by atoms with Crippen molar-refractivity contribution in [2.24, 2.45) is 0 Å². The molecule has 0 bridgehead atoms. The number of furan rings is 1. The van der Waals surface area contributed by atoms with Crippen LogP contribution >= 0.6 is 31.9 Å². The summed E-state index contributed by atoms with van der Waals surface area (Å²) in [5.74, 6) is 0. The SMILES string of the molecule is Cc1ccc2c(c1)-c1c(ccc3oc4ccccc4c13)C2(c1cccc(Br)c1)c1cccc(Br)c1. The zero-order valence-corrected chi connectivity index (χ0v) is 22.2. The monoisotopic (exact) mass is 578 g/mol. The molecule has 168 valence electrons. The lowest BCUT2D eigenvalue weighted by molar-refractivity contribution is 0.668. The Balaban J connectivity index is 1.74. The van der Waals surface area contributed by atoms with Crippen molar-refractivity contribution in [1.29, 1.82) is 0 Å². The topological polar surface area (TPSA) is 13.1 Å². The Kier molecular flexibility index (Phi) is 4.64. The molecule has 1 aliphatic rings. The highest BCUT2D eigenvalue weighted by Crippen LogP contribution is 2.59. The molecule has 1 nitrogen and oxygen atoms in total. The zero-order chi connectivity index (χ0) is 23.7. The second-order valence-electron chi connectivity index (χ2n) is 9.28. The molecule has 35 heavy (non-hydrogen) atoms. The van der Waals surface area contributed by atoms with Gasteiger partial charge in [0.15, 0.2) is 0 Å². The van der Waals surface area contributed by atoms with Gasteiger partial charge >= 0.3 is 0 Å². The molecular weight excluding hydrogens is 560 g/mol. The summed E-state index contributed by atoms with van der Waals surface area (Å²) in [6.07, 6.45) is 0. The highest BCUT2D eigenvalue weighted by molar-refractivity contribution is 9.10. The number of benzene rings is 5. The van der Waals surface area contributed by atoms with Gasteiger partial charge in [0, 0.05) is 19.7 Å². The molecule has 0 unspecified atom stereocenters. The average Bonchev–Trinajstić information content (AvgIpc) is 3.37. The van der Waals surface area contributed by atoms with Crippen LogP contribution in [0.25, 0.3) is 33.1 Å². The van der Waals surface area contributed by atoms with E-state index in [0.29, 0.717) is 0 Å². The molecule has 0 saturated carbocycles. The molecule has 5 aromatic carbocycles. The summed E-state index contributed by atoms with van der Waals surface area (Å²) in [6, 6.07) is 37.2. The smallest absolute Gasteiger partial charge is 0.136 e. The van der Waals surface area contributed by atoms with E-state index in [0.717, 1.165) is 25.5 Å². The summed E-state index contributed by atoms with van der Waals surface area (Å²) in [6.45, 7) is 2.17. The zero-order valence-electron chi connectivity index (χ0n) is 19.0. The Hall–Kier alpha value is -3.14. The third kappa shape index (κ3) is 2.92. The van der Waals surface area contributed by atoms with Gasteiger partial charge < -0.3 is 4.42 Å². The Labute approximate surface area is 220 Å². The summed E-state index contributed by atoms with van der Waals surface area (Å²) in [5.41, 5.74) is 10.2. The largest absolute Gasteiger partial charge is 0.456 e. The van der Waals surface area contributed by atoms with Crippen molar-refractivity contribution in [3.8, 4) is 11.1 Å². The Morgan fingerprint density at radius 1 is 0.629 bits per heavy atom. The quantitative estimate of drug-likeness (QED) is 0.199. The first kappa shape index (κ1) is 21.2. The molecule has 3 heteroatoms. The normalized spacial score (nSPS) is 13.8. The van der Waals surface area contributed by atoms with Crippen LogP contribution in [0.1, 0.15) is 27.8 Å². The van der Waals surface area contributed by atoms with Crippen LogP contribution in [-0.2, 0) is 5.41 Å². The van der Waals surface area contributed by atoms with Crippen molar-refractivity contribution in [3.05, 3.63) is 140 Å². The number of hydrogen-bond acceptors (Lipinski definition) is 1. The molecule has 0 atom stereocenters. The molecule has 0 saturated heterocycles. The van der Waals surface area contributed by atoms with Crippen molar-refractivity contribution < 1.29 is 4.42 Å². The summed E-state index contributed by atoms with van der Waals surface area (Å²) in [5, 5.41) is 2.35. The molecule has 0 N–H and O–H groups in total. The molecule has 1 heterocycles. The van der Waals surface area contributed by atoms with Gasteiger partial charge in [-0.1, -0.05) is 104 Å². The third-order valence-electron chi connectivity index (χ3n) is 7.31. The van der Waals surface area contributed by atoms with E-state index in [9.17, 15) is 0 Å². The lowest BCUT2D eigenvalue weighted by Crippen LogP contribution is -2.28. The highest BCUT2D eigenvalue weighted by atomic mass is 79.9. The van der Waals surface area contributed by atoms with E-state index in [1.54, 1.807) is 0 Å². The molecule has 0 fully saturated rings. The second-order valence-corrected chi connectivity index (χ2v) is 11.1. The molecule has 1 aliphatic carbocycles. The number of aryl methyl sites for hydroxylation is 1. The number of fused-ring (bicyclic) bond motifs is 7. The van der Waals surface area contributed by atoms with E-state index >= 15 is 0 Å². The van der Waals surface area contributed by atoms with Crippen LogP contribution in [0.2, 0.25) is 0 Å². The van der Waals surface area contributed by atoms with E-state index < -0.39 is 5.41 Å². The van der Waals surface area contributed by atoms with Crippen molar-refractivity contribution in [2.45, 2.75) is 12.3 Å². The first-order chi connectivity index (χ1) is 17.1. The van der Waals surface area contributed by atoms with Crippen LogP contribution in [0.5, 0.6) is 0 Å². The molecule has 6 aromatic rings. The van der Waals surface area contributed by atoms with Gasteiger partial charge in [-0.2, -0.15) is 0 Å². The fourth-order valence-electron chi connectivity index (χ4n) is 5.98. The standard InChI is InChI=1S/C32H20Br2O/c1-19-12-13-26-25(16-19)30-27(14-15-29-31(30)24-10-2-3-11-28(24)35-29)32(26,20-6-4-8-22(33)17-20)21-7-5-9-23(34)18-21/h2-18H,1H3. The van der Waals surface area contributed by atoms with E-state index in [4.69, 9.17) is 4.42 Å². The molecular formula is C32H20Br2O. The van der Waals surface area contributed by atoms with E-state index in [-0.39, 0.29) is 0 Å². The number of rotatable bonds is 2. The summed E-state index contributed by atoms with van der Waals surface area (Å²) < 4.78 is 8.47. The van der Waals surface area contributed by atoms with Gasteiger partial charge in [-0.25, -0.2) is 0 Å². The van der Waals surface area contributed by atoms with Gasteiger partial charge in [-0.3, -0.25) is 0 Å². The Morgan fingerprint density at radius 2 is 1.31 bits per heavy atom. The van der Waals surface area contributed by atoms with Gasteiger partial charge in [-0.05, 0) is 76.7 Å². The van der Waals surface area contributed by atoms with Crippen LogP contribution in [0.3, 0.4) is 0 Å². The molecule has 7 rings (SSSR count). The van der Waals surface area contributed by atoms with Gasteiger partial charge in [-0.15, -0.1) is 0 Å². The van der Waals surface area contributed by atoms with Gasteiger partial charge in [0.2, 0.25) is 0 Å². The predicted molar refractivity (Wildman–Crippen MR) is 151 cm³/mol. The van der Waals surface area contributed by atoms with Gasteiger partial charge in [0.1, 0.15) is 11.2 Å². The van der Waals surface area contributed by atoms with Crippen molar-refractivity contribution in [3.63, 3.8) is 0 Å². The number of para-hydroxylation sites is 1. The first-order valence-corrected chi connectivity index (χ1v) is 13.2. The maximum Gasteiger partial charge on any atom is 0.136 e. The van der Waals surface area contributed by atoms with Crippen molar-refractivity contribution >= 4 is 53.8 Å². The van der Waals surface area contributed by atoms with Crippen molar-refractivity contribution in [2.75, 3.05) is 0 Å². The summed E-state index contributed by atoms with van der Waals surface area (Å²) in [7, 11) is 0. The van der Waals surface area contributed by atoms with Crippen LogP contribution in [0.15, 0.2) is 116 Å². The molecule has 0 spiro atoms. The van der Waals surface area contributed by atoms with E-state index in [1.165, 1.54) is 44.3 Å². The minimum atomic E-state index is -0.460. The lowest BCUT2D eigenvalue weighted by Gasteiger charge is -2.34. The fourth-order valence-corrected chi connectivity index (χ4v) is 6.78. The molecule has 1 aromatic heterocycles. The predicted octanol–water partition coefficient (Wildman–Crippen LogP) is 9.78. The average molecular weight is 580 g/mol. The minimum Gasteiger partial charge on any atom is -0.456 e. The Bertz CT molecular complexity index is 1750. The third-order valence-corrected chi connectivity index (χ3v) is 8.30. The summed E-state index contributed by atoms with van der Waals surface area (Å²) >= 11 is 7.51. The van der Waals surface area contributed by atoms with Crippen molar-refractivity contribution in [1.82, 2.24) is 0 Å². The fraction of sp³-hybridized carbons (Fsp3) is 0.0625. The van der Waals surface area contributed by atoms with E-state index in [2.05, 4.69) is 136 Å². The van der Waals surface area contributed by atoms with Gasteiger partial charge in [0.25, 0.3) is 0 Å². The van der Waals surface area contributed by atoms with Crippen LogP contribution in [-0.4, -0.2) is 0 Å². The molecule has 0 amide bonds. The van der Waals surface area contributed by atoms with Gasteiger partial charge in [0.05, 0.1) is 5.41 Å². The summed E-state index contributed by atoms with van der Waals surface area (Å²) in [4.78, 5) is 0. The first-order valence-electron chi connectivity index (χ1n) is 11.7. The maximum atomic E-state index is 6.33. The second kappa shape index (κ2) is 7.68. The molecule has 0 aliphatic heterocycles. The lowest BCUT2D eigenvalue weighted by atomic mass is 9.67.